The predicted octanol–water partition coefficient (Wildman–Crippen LogP) is 1.43. The van der Waals surface area contributed by atoms with Gasteiger partial charge in [-0.1, -0.05) is 0 Å². The first-order valence-corrected chi connectivity index (χ1v) is 14.6. The van der Waals surface area contributed by atoms with E-state index in [1.807, 2.05) is 20.6 Å². The van der Waals surface area contributed by atoms with Crippen LogP contribution in [0.1, 0.15) is 6.42 Å². The minimum Gasteiger partial charge on any atom is -0.415 e. The van der Waals surface area contributed by atoms with Gasteiger partial charge < -0.3 is 22.7 Å². The second-order valence-electron chi connectivity index (χ2n) is 6.14. The van der Waals surface area contributed by atoms with Gasteiger partial charge in [0.05, 0.1) is 0 Å². The summed E-state index contributed by atoms with van der Waals surface area (Å²) in [7, 11) is -3.71. The van der Waals surface area contributed by atoms with Crippen LogP contribution in [0.25, 0.3) is 0 Å². The van der Waals surface area contributed by atoms with Crippen molar-refractivity contribution >= 4 is 25.7 Å². The summed E-state index contributed by atoms with van der Waals surface area (Å²) < 4.78 is 11.7. The Labute approximate surface area is 114 Å². The fraction of sp³-hybridized carbons (Fsp3) is 1.00. The van der Waals surface area contributed by atoms with Crippen molar-refractivity contribution < 1.29 is 17.8 Å². The van der Waals surface area contributed by atoms with Crippen LogP contribution in [0.4, 0.5) is 0 Å². The van der Waals surface area contributed by atoms with Crippen molar-refractivity contribution in [2.45, 2.75) is 45.2 Å². The molecule has 0 amide bonds. The molecular formula is C10H29NO4Si3. The summed E-state index contributed by atoms with van der Waals surface area (Å²) in [4.78, 5) is 22.0. The third kappa shape index (κ3) is 10.4. The fourth-order valence-electron chi connectivity index (χ4n) is 1.90. The smallest absolute Gasteiger partial charge is 0.320 e. The summed E-state index contributed by atoms with van der Waals surface area (Å²) in [6.45, 7) is 9.84. The van der Waals surface area contributed by atoms with E-state index in [-0.39, 0.29) is 0 Å². The fourth-order valence-corrected chi connectivity index (χ4v) is 12.5. The number of hydrogen-bond donors (Lipinski definition) is 2. The lowest BCUT2D eigenvalue weighted by Crippen LogP contribution is -2.54. The Morgan fingerprint density at radius 1 is 0.889 bits per heavy atom. The third-order valence-electron chi connectivity index (χ3n) is 2.17. The van der Waals surface area contributed by atoms with Crippen LogP contribution in [0.5, 0.6) is 0 Å². The van der Waals surface area contributed by atoms with Crippen LogP contribution in [-0.4, -0.2) is 60.8 Å². The third-order valence-corrected chi connectivity index (χ3v) is 10.9. The van der Waals surface area contributed by atoms with E-state index in [9.17, 15) is 9.59 Å². The van der Waals surface area contributed by atoms with Gasteiger partial charge in [-0.25, -0.2) is 0 Å². The summed E-state index contributed by atoms with van der Waals surface area (Å²) in [5.74, 6) is 0. The van der Waals surface area contributed by atoms with E-state index in [0.717, 1.165) is 19.0 Å². The maximum Gasteiger partial charge on any atom is 0.320 e. The second-order valence-corrected chi connectivity index (χ2v) is 16.3. The summed E-state index contributed by atoms with van der Waals surface area (Å²) >= 11 is 0. The van der Waals surface area contributed by atoms with Crippen molar-refractivity contribution in [3.63, 3.8) is 0 Å². The predicted molar refractivity (Wildman–Crippen MR) is 81.2 cm³/mol. The van der Waals surface area contributed by atoms with Crippen molar-refractivity contribution in [3.8, 4) is 0 Å². The van der Waals surface area contributed by atoms with Gasteiger partial charge in [0.25, 0.3) is 0 Å². The van der Waals surface area contributed by atoms with E-state index < -0.39 is 25.7 Å². The van der Waals surface area contributed by atoms with Gasteiger partial charge in [0.15, 0.2) is 0 Å². The highest BCUT2D eigenvalue weighted by Gasteiger charge is 2.42. The molecule has 0 rings (SSSR count). The van der Waals surface area contributed by atoms with E-state index in [4.69, 9.17) is 8.23 Å². The standard InChI is InChI=1S/C10H29NO4Si3/c1-11(2)9-8-10-18(7,14-16(3,4)12)15-17(5,6)13/h12-13H,8-10H2,1-7H3. The zero-order chi connectivity index (χ0) is 14.6. The van der Waals surface area contributed by atoms with Crippen molar-refractivity contribution in [2.75, 3.05) is 20.6 Å². The molecular weight excluding hydrogens is 282 g/mol. The minimum absolute atomic E-state index is 0.791. The molecule has 0 saturated carbocycles. The lowest BCUT2D eigenvalue weighted by atomic mass is 10.5. The van der Waals surface area contributed by atoms with E-state index in [1.165, 1.54) is 0 Å². The van der Waals surface area contributed by atoms with Gasteiger partial charge in [0.1, 0.15) is 0 Å². The molecule has 0 aromatic rings. The molecule has 0 aromatic carbocycles. The molecule has 18 heavy (non-hydrogen) atoms. The lowest BCUT2D eigenvalue weighted by Gasteiger charge is -2.36. The molecule has 0 aliphatic rings. The van der Waals surface area contributed by atoms with Crippen LogP contribution in [-0.2, 0) is 8.23 Å². The number of rotatable bonds is 8. The highest BCUT2D eigenvalue weighted by Crippen LogP contribution is 2.23. The molecule has 0 aliphatic heterocycles. The van der Waals surface area contributed by atoms with E-state index in [2.05, 4.69) is 4.90 Å². The molecule has 0 aliphatic carbocycles. The maximum atomic E-state index is 9.95. The molecule has 8 heteroatoms. The average Bonchev–Trinajstić information content (AvgIpc) is 1.93. The Morgan fingerprint density at radius 2 is 1.28 bits per heavy atom. The molecule has 0 heterocycles. The molecule has 5 nitrogen and oxygen atoms in total. The maximum absolute atomic E-state index is 9.95. The van der Waals surface area contributed by atoms with Gasteiger partial charge in [-0.05, 0) is 65.8 Å². The van der Waals surface area contributed by atoms with Crippen molar-refractivity contribution in [1.29, 1.82) is 0 Å². The second kappa shape index (κ2) is 6.75. The van der Waals surface area contributed by atoms with E-state index in [1.54, 1.807) is 26.2 Å². The highest BCUT2D eigenvalue weighted by atomic mass is 28.5. The van der Waals surface area contributed by atoms with Crippen LogP contribution in [0.3, 0.4) is 0 Å². The number of hydrogen-bond acceptors (Lipinski definition) is 5. The minimum atomic E-state index is -2.64. The summed E-state index contributed by atoms with van der Waals surface area (Å²) in [6, 6.07) is 0.791. The average molecular weight is 312 g/mol. The zero-order valence-electron chi connectivity index (χ0n) is 12.8. The quantitative estimate of drug-likeness (QED) is 0.664. The van der Waals surface area contributed by atoms with Gasteiger partial charge in [-0.3, -0.25) is 0 Å². The first-order valence-electron chi connectivity index (χ1n) is 6.33. The van der Waals surface area contributed by atoms with Crippen LogP contribution >= 0.6 is 0 Å². The van der Waals surface area contributed by atoms with E-state index >= 15 is 0 Å². The molecule has 2 N–H and O–H groups in total. The topological polar surface area (TPSA) is 62.2 Å². The largest absolute Gasteiger partial charge is 0.415 e. The van der Waals surface area contributed by atoms with Crippen molar-refractivity contribution in [1.82, 2.24) is 4.90 Å². The molecule has 0 spiro atoms. The van der Waals surface area contributed by atoms with Crippen molar-refractivity contribution in [2.24, 2.45) is 0 Å². The lowest BCUT2D eigenvalue weighted by molar-refractivity contribution is 0.283. The van der Waals surface area contributed by atoms with Gasteiger partial charge in [0.2, 0.25) is 0 Å². The Bertz CT molecular complexity index is 234. The summed E-state index contributed by atoms with van der Waals surface area (Å²) in [6.07, 6.45) is 0.949. The molecule has 110 valence electrons. The first-order chi connectivity index (χ1) is 7.83. The molecule has 0 saturated heterocycles. The monoisotopic (exact) mass is 311 g/mol. The van der Waals surface area contributed by atoms with Gasteiger partial charge in [-0.2, -0.15) is 0 Å². The Kier molecular flexibility index (Phi) is 6.92. The van der Waals surface area contributed by atoms with E-state index in [0.29, 0.717) is 0 Å². The normalized spacial score (nSPS) is 14.3. The Morgan fingerprint density at radius 3 is 1.56 bits per heavy atom. The van der Waals surface area contributed by atoms with Gasteiger partial charge in [0, 0.05) is 0 Å². The molecule has 0 bridgehead atoms. The molecule has 0 atom stereocenters. The molecule has 0 aromatic heterocycles. The SMILES string of the molecule is CN(C)CCC[Si](C)(O[Si](C)(C)O)O[Si](C)(C)O. The number of nitrogens with zero attached hydrogens (tertiary/aromatic N) is 1. The van der Waals surface area contributed by atoms with Crippen LogP contribution in [0, 0.1) is 0 Å². The molecule has 0 unspecified atom stereocenters. The van der Waals surface area contributed by atoms with Crippen molar-refractivity contribution in [3.05, 3.63) is 0 Å². The van der Waals surface area contributed by atoms with Gasteiger partial charge in [-0.15, -0.1) is 0 Å². The van der Waals surface area contributed by atoms with Crippen LogP contribution in [0.2, 0.25) is 38.8 Å². The molecule has 0 radical (unpaired) electrons. The van der Waals surface area contributed by atoms with Gasteiger partial charge >= 0.3 is 25.7 Å². The zero-order valence-corrected chi connectivity index (χ0v) is 15.8. The molecule has 0 fully saturated rings. The Balaban J connectivity index is 4.60. The first kappa shape index (κ1) is 18.5. The van der Waals surface area contributed by atoms with Crippen LogP contribution in [0.15, 0.2) is 0 Å². The summed E-state index contributed by atoms with van der Waals surface area (Å²) in [5, 5.41) is 0. The Hall–Kier alpha value is 0.451. The van der Waals surface area contributed by atoms with Crippen LogP contribution < -0.4 is 0 Å². The summed E-state index contributed by atoms with van der Waals surface area (Å²) in [5.41, 5.74) is 0. The highest BCUT2D eigenvalue weighted by molar-refractivity contribution is 6.84.